The fourth-order valence-corrected chi connectivity index (χ4v) is 2.79. The summed E-state index contributed by atoms with van der Waals surface area (Å²) in [6, 6.07) is 3.06. The fraction of sp³-hybridized carbons (Fsp3) is 0.538. The van der Waals surface area contributed by atoms with Crippen molar-refractivity contribution in [3.63, 3.8) is 0 Å². The Morgan fingerprint density at radius 2 is 1.83 bits per heavy atom. The first kappa shape index (κ1) is 13.6. The lowest BCUT2D eigenvalue weighted by Gasteiger charge is -2.21. The SMILES string of the molecule is O=C(NCC1CCCCC1)c1cc(Cl)nc(Cl)c1. The van der Waals surface area contributed by atoms with Gasteiger partial charge in [-0.1, -0.05) is 42.5 Å². The largest absolute Gasteiger partial charge is 0.352 e. The van der Waals surface area contributed by atoms with Gasteiger partial charge < -0.3 is 5.32 Å². The van der Waals surface area contributed by atoms with Crippen molar-refractivity contribution >= 4 is 29.1 Å². The van der Waals surface area contributed by atoms with E-state index in [-0.39, 0.29) is 16.2 Å². The van der Waals surface area contributed by atoms with Gasteiger partial charge in [-0.15, -0.1) is 0 Å². The smallest absolute Gasteiger partial charge is 0.251 e. The van der Waals surface area contributed by atoms with Crippen LogP contribution in [0.25, 0.3) is 0 Å². The zero-order valence-electron chi connectivity index (χ0n) is 10.1. The molecule has 0 atom stereocenters. The average Bonchev–Trinajstić information content (AvgIpc) is 2.36. The molecule has 0 saturated heterocycles. The molecular formula is C13H16Cl2N2O. The summed E-state index contributed by atoms with van der Waals surface area (Å²) in [6.45, 7) is 0.733. The molecule has 18 heavy (non-hydrogen) atoms. The third kappa shape index (κ3) is 3.85. The summed E-state index contributed by atoms with van der Waals surface area (Å²) >= 11 is 11.5. The van der Waals surface area contributed by atoms with Crippen molar-refractivity contribution in [2.75, 3.05) is 6.54 Å². The Morgan fingerprint density at radius 3 is 2.44 bits per heavy atom. The molecular weight excluding hydrogens is 271 g/mol. The summed E-state index contributed by atoms with van der Waals surface area (Å²) < 4.78 is 0. The topological polar surface area (TPSA) is 42.0 Å². The van der Waals surface area contributed by atoms with E-state index in [1.54, 1.807) is 0 Å². The van der Waals surface area contributed by atoms with E-state index in [1.165, 1.54) is 44.2 Å². The molecule has 2 rings (SSSR count). The molecule has 1 fully saturated rings. The van der Waals surface area contributed by atoms with Crippen molar-refractivity contribution in [1.82, 2.24) is 10.3 Å². The quantitative estimate of drug-likeness (QED) is 0.861. The Kier molecular flexibility index (Phi) is 4.84. The third-order valence-electron chi connectivity index (χ3n) is 3.30. The number of hydrogen-bond acceptors (Lipinski definition) is 2. The third-order valence-corrected chi connectivity index (χ3v) is 3.69. The molecule has 5 heteroatoms. The standard InChI is InChI=1S/C13H16Cl2N2O/c14-11-6-10(7-12(15)17-11)13(18)16-8-9-4-2-1-3-5-9/h6-7,9H,1-5,8H2,(H,16,18). The molecule has 0 bridgehead atoms. The highest BCUT2D eigenvalue weighted by molar-refractivity contribution is 6.33. The molecule has 1 aromatic heterocycles. The van der Waals surface area contributed by atoms with Crippen LogP contribution in [-0.2, 0) is 0 Å². The van der Waals surface area contributed by atoms with E-state index in [2.05, 4.69) is 10.3 Å². The van der Waals surface area contributed by atoms with Crippen LogP contribution in [0.3, 0.4) is 0 Å². The number of nitrogens with zero attached hydrogens (tertiary/aromatic N) is 1. The lowest BCUT2D eigenvalue weighted by atomic mass is 9.89. The van der Waals surface area contributed by atoms with Gasteiger partial charge in [-0.3, -0.25) is 4.79 Å². The van der Waals surface area contributed by atoms with Crippen LogP contribution in [0.1, 0.15) is 42.5 Å². The molecule has 1 heterocycles. The van der Waals surface area contributed by atoms with E-state index in [0.29, 0.717) is 11.5 Å². The van der Waals surface area contributed by atoms with Gasteiger partial charge in [0, 0.05) is 12.1 Å². The van der Waals surface area contributed by atoms with Crippen molar-refractivity contribution in [3.8, 4) is 0 Å². The van der Waals surface area contributed by atoms with Gasteiger partial charge in [-0.2, -0.15) is 0 Å². The molecule has 0 spiro atoms. The van der Waals surface area contributed by atoms with Crippen LogP contribution in [-0.4, -0.2) is 17.4 Å². The van der Waals surface area contributed by atoms with Gasteiger partial charge in [-0.25, -0.2) is 4.98 Å². The zero-order valence-corrected chi connectivity index (χ0v) is 11.6. The summed E-state index contributed by atoms with van der Waals surface area (Å²) in [6.07, 6.45) is 6.27. The average molecular weight is 287 g/mol. The maximum atomic E-state index is 11.9. The Bertz CT molecular complexity index is 411. The van der Waals surface area contributed by atoms with Crippen LogP contribution in [0.2, 0.25) is 10.3 Å². The summed E-state index contributed by atoms with van der Waals surface area (Å²) in [5.74, 6) is 0.474. The van der Waals surface area contributed by atoms with Crippen molar-refractivity contribution in [2.24, 2.45) is 5.92 Å². The Labute approximate surface area is 117 Å². The van der Waals surface area contributed by atoms with Gasteiger partial charge in [0.2, 0.25) is 0 Å². The molecule has 0 radical (unpaired) electrons. The molecule has 1 N–H and O–H groups in total. The van der Waals surface area contributed by atoms with E-state index in [4.69, 9.17) is 23.2 Å². The Morgan fingerprint density at radius 1 is 1.22 bits per heavy atom. The number of nitrogens with one attached hydrogen (secondary N) is 1. The molecule has 1 aliphatic rings. The van der Waals surface area contributed by atoms with Crippen LogP contribution < -0.4 is 5.32 Å². The van der Waals surface area contributed by atoms with E-state index in [1.807, 2.05) is 0 Å². The fourth-order valence-electron chi connectivity index (χ4n) is 2.33. The second-order valence-electron chi connectivity index (χ2n) is 4.72. The van der Waals surface area contributed by atoms with Gasteiger partial charge in [0.1, 0.15) is 10.3 Å². The Balaban J connectivity index is 1.90. The predicted octanol–water partition coefficient (Wildman–Crippen LogP) is 3.70. The van der Waals surface area contributed by atoms with Crippen LogP contribution >= 0.6 is 23.2 Å². The molecule has 3 nitrogen and oxygen atoms in total. The number of halogens is 2. The second-order valence-corrected chi connectivity index (χ2v) is 5.49. The van der Waals surface area contributed by atoms with E-state index >= 15 is 0 Å². The van der Waals surface area contributed by atoms with Crippen molar-refractivity contribution < 1.29 is 4.79 Å². The van der Waals surface area contributed by atoms with E-state index in [0.717, 1.165) is 6.54 Å². The lowest BCUT2D eigenvalue weighted by molar-refractivity contribution is 0.0943. The van der Waals surface area contributed by atoms with Crippen LogP contribution in [0.4, 0.5) is 0 Å². The number of rotatable bonds is 3. The van der Waals surface area contributed by atoms with E-state index < -0.39 is 0 Å². The molecule has 1 saturated carbocycles. The van der Waals surface area contributed by atoms with Gasteiger partial charge in [-0.05, 0) is 30.9 Å². The highest BCUT2D eigenvalue weighted by Gasteiger charge is 2.15. The number of carbonyl (C=O) groups is 1. The van der Waals surface area contributed by atoms with E-state index in [9.17, 15) is 4.79 Å². The van der Waals surface area contributed by atoms with Crippen LogP contribution in [0.15, 0.2) is 12.1 Å². The molecule has 1 aliphatic carbocycles. The number of hydrogen-bond donors (Lipinski definition) is 1. The first-order valence-electron chi connectivity index (χ1n) is 6.26. The van der Waals surface area contributed by atoms with Crippen LogP contribution in [0, 0.1) is 5.92 Å². The normalized spacial score (nSPS) is 16.6. The first-order valence-corrected chi connectivity index (χ1v) is 7.02. The van der Waals surface area contributed by atoms with Crippen molar-refractivity contribution in [3.05, 3.63) is 28.0 Å². The van der Waals surface area contributed by atoms with Crippen molar-refractivity contribution in [1.29, 1.82) is 0 Å². The zero-order chi connectivity index (χ0) is 13.0. The number of amides is 1. The molecule has 0 aromatic carbocycles. The number of aromatic nitrogens is 1. The first-order chi connectivity index (χ1) is 8.65. The maximum absolute atomic E-state index is 11.9. The second kappa shape index (κ2) is 6.39. The van der Waals surface area contributed by atoms with Crippen LogP contribution in [0.5, 0.6) is 0 Å². The minimum Gasteiger partial charge on any atom is -0.352 e. The maximum Gasteiger partial charge on any atom is 0.251 e. The molecule has 98 valence electrons. The van der Waals surface area contributed by atoms with Gasteiger partial charge >= 0.3 is 0 Å². The molecule has 1 amide bonds. The highest BCUT2D eigenvalue weighted by atomic mass is 35.5. The monoisotopic (exact) mass is 286 g/mol. The summed E-state index contributed by atoms with van der Waals surface area (Å²) in [5.41, 5.74) is 0.468. The highest BCUT2D eigenvalue weighted by Crippen LogP contribution is 2.23. The summed E-state index contributed by atoms with van der Waals surface area (Å²) in [7, 11) is 0. The van der Waals surface area contributed by atoms with Gasteiger partial charge in [0.25, 0.3) is 5.91 Å². The molecule has 1 aromatic rings. The lowest BCUT2D eigenvalue weighted by Crippen LogP contribution is -2.30. The summed E-state index contributed by atoms with van der Waals surface area (Å²) in [4.78, 5) is 15.8. The number of carbonyl (C=O) groups excluding carboxylic acids is 1. The Hall–Kier alpha value is -0.800. The predicted molar refractivity (Wildman–Crippen MR) is 73.2 cm³/mol. The molecule has 0 aliphatic heterocycles. The summed E-state index contributed by atoms with van der Waals surface area (Å²) in [5, 5.41) is 3.42. The van der Waals surface area contributed by atoms with Gasteiger partial charge in [0.05, 0.1) is 0 Å². The van der Waals surface area contributed by atoms with Gasteiger partial charge in [0.15, 0.2) is 0 Å². The minimum absolute atomic E-state index is 0.133. The minimum atomic E-state index is -0.133. The molecule has 0 unspecified atom stereocenters. The van der Waals surface area contributed by atoms with Crippen molar-refractivity contribution in [2.45, 2.75) is 32.1 Å². The number of pyridine rings is 1.